The van der Waals surface area contributed by atoms with Gasteiger partial charge in [0.05, 0.1) is 11.3 Å². The van der Waals surface area contributed by atoms with Gasteiger partial charge in [0.1, 0.15) is 11.5 Å². The van der Waals surface area contributed by atoms with Crippen molar-refractivity contribution in [1.29, 1.82) is 0 Å². The van der Waals surface area contributed by atoms with Gasteiger partial charge in [0.2, 0.25) is 0 Å². The Labute approximate surface area is 209 Å². The molecule has 0 aromatic heterocycles. The maximum Gasteiger partial charge on any atom is 0.416 e. The summed E-state index contributed by atoms with van der Waals surface area (Å²) < 4.78 is 41.4. The van der Waals surface area contributed by atoms with Gasteiger partial charge in [-0.05, 0) is 65.7 Å². The van der Waals surface area contributed by atoms with Crippen LogP contribution in [-0.4, -0.2) is 10.2 Å². The minimum absolute atomic E-state index is 0.0111. The van der Waals surface area contributed by atoms with Gasteiger partial charge in [0, 0.05) is 21.7 Å². The van der Waals surface area contributed by atoms with E-state index in [9.17, 15) is 23.4 Å². The van der Waals surface area contributed by atoms with Crippen LogP contribution in [0.3, 0.4) is 0 Å². The van der Waals surface area contributed by atoms with Crippen LogP contribution in [0.5, 0.6) is 11.5 Å². The smallest absolute Gasteiger partial charge is 0.416 e. The highest BCUT2D eigenvalue weighted by molar-refractivity contribution is 6.31. The van der Waals surface area contributed by atoms with Crippen molar-refractivity contribution in [1.82, 2.24) is 0 Å². The molecule has 1 atom stereocenters. The van der Waals surface area contributed by atoms with Crippen LogP contribution < -0.4 is 0 Å². The number of hydrogen-bond donors (Lipinski definition) is 2. The number of rotatable bonds is 4. The van der Waals surface area contributed by atoms with Crippen LogP contribution in [0, 0.1) is 0 Å². The summed E-state index contributed by atoms with van der Waals surface area (Å²) in [5, 5.41) is 28.9. The molecule has 0 saturated carbocycles. The molecule has 1 unspecified atom stereocenters. The first-order valence-corrected chi connectivity index (χ1v) is 11.3. The van der Waals surface area contributed by atoms with E-state index in [2.05, 4.69) is 10.2 Å². The molecule has 1 heterocycles. The molecule has 4 nitrogen and oxygen atoms in total. The number of aromatic hydroxyl groups is 2. The van der Waals surface area contributed by atoms with E-state index in [1.54, 1.807) is 24.3 Å². The average molecular weight is 507 g/mol. The summed E-state index contributed by atoms with van der Waals surface area (Å²) in [6, 6.07) is 24.6. The van der Waals surface area contributed by atoms with E-state index in [0.29, 0.717) is 28.0 Å². The summed E-state index contributed by atoms with van der Waals surface area (Å²) in [4.78, 5) is 0. The Morgan fingerprint density at radius 2 is 1.33 bits per heavy atom. The summed E-state index contributed by atoms with van der Waals surface area (Å²) >= 11 is 6.59. The Morgan fingerprint density at radius 3 is 1.94 bits per heavy atom. The lowest BCUT2D eigenvalue weighted by Gasteiger charge is -2.31. The van der Waals surface area contributed by atoms with E-state index in [0.717, 1.165) is 12.1 Å². The Bertz CT molecular complexity index is 1480. The first-order valence-electron chi connectivity index (χ1n) is 10.9. The van der Waals surface area contributed by atoms with Crippen LogP contribution in [0.4, 0.5) is 13.2 Å². The predicted octanol–water partition coefficient (Wildman–Crippen LogP) is 8.05. The molecule has 2 N–H and O–H groups in total. The lowest BCUT2D eigenvalue weighted by molar-refractivity contribution is -0.137. The number of phenols is 2. The molecule has 36 heavy (non-hydrogen) atoms. The Kier molecular flexibility index (Phi) is 5.80. The monoisotopic (exact) mass is 506 g/mol. The maximum atomic E-state index is 13.8. The maximum absolute atomic E-state index is 13.8. The zero-order valence-corrected chi connectivity index (χ0v) is 19.3. The van der Waals surface area contributed by atoms with Gasteiger partial charge >= 0.3 is 6.18 Å². The summed E-state index contributed by atoms with van der Waals surface area (Å²) in [5.41, 5.74) is 0.357. The number of nitrogens with zero attached hydrogens (tertiary/aromatic N) is 2. The molecule has 1 aliphatic heterocycles. The molecule has 8 heteroatoms. The van der Waals surface area contributed by atoms with Crippen molar-refractivity contribution in [3.05, 3.63) is 130 Å². The van der Waals surface area contributed by atoms with Gasteiger partial charge in [-0.2, -0.15) is 23.4 Å². The third-order valence-electron chi connectivity index (χ3n) is 6.07. The van der Waals surface area contributed by atoms with Crippen molar-refractivity contribution in [3.8, 4) is 11.5 Å². The molecule has 180 valence electrons. The summed E-state index contributed by atoms with van der Waals surface area (Å²) in [7, 11) is 0. The number of halogens is 4. The molecule has 5 rings (SSSR count). The van der Waals surface area contributed by atoms with Crippen molar-refractivity contribution in [2.45, 2.75) is 11.7 Å². The fourth-order valence-corrected chi connectivity index (χ4v) is 4.65. The number of alkyl halides is 3. The summed E-state index contributed by atoms with van der Waals surface area (Å²) in [6.07, 6.45) is -4.61. The van der Waals surface area contributed by atoms with E-state index < -0.39 is 17.3 Å². The first-order chi connectivity index (χ1) is 17.2. The molecule has 0 aliphatic carbocycles. The molecule has 4 aromatic rings. The average Bonchev–Trinajstić information content (AvgIpc) is 3.26. The van der Waals surface area contributed by atoms with Gasteiger partial charge in [0.15, 0.2) is 5.54 Å². The minimum atomic E-state index is -4.61. The van der Waals surface area contributed by atoms with Gasteiger partial charge < -0.3 is 10.2 Å². The number of benzene rings is 4. The summed E-state index contributed by atoms with van der Waals surface area (Å²) in [6.45, 7) is 0. The molecule has 1 aliphatic rings. The normalized spacial score (nSPS) is 17.6. The molecule has 0 radical (unpaired) electrons. The van der Waals surface area contributed by atoms with Gasteiger partial charge in [0.25, 0.3) is 0 Å². The van der Waals surface area contributed by atoms with Crippen molar-refractivity contribution >= 4 is 22.9 Å². The van der Waals surface area contributed by atoms with Crippen molar-refractivity contribution in [3.63, 3.8) is 0 Å². The van der Waals surface area contributed by atoms with E-state index in [1.807, 2.05) is 30.3 Å². The molecule has 0 spiro atoms. The fraction of sp³-hybridized carbons (Fsp3) is 0.0714. The SMILES string of the molecule is Oc1ccc(C2=C(c3ccccc3)C(c3ccc(O)cc3)(c3cc(C(F)(F)F)ccc3Cl)N=N2)cc1. The lowest BCUT2D eigenvalue weighted by atomic mass is 9.73. The second kappa shape index (κ2) is 8.84. The second-order valence-electron chi connectivity index (χ2n) is 8.29. The number of phenolic OH excluding ortho intramolecular Hbond substituents is 2. The highest BCUT2D eigenvalue weighted by Gasteiger charge is 2.47. The predicted molar refractivity (Wildman–Crippen MR) is 132 cm³/mol. The van der Waals surface area contributed by atoms with E-state index in [4.69, 9.17) is 11.6 Å². The van der Waals surface area contributed by atoms with Crippen LogP contribution in [0.1, 0.15) is 27.8 Å². The molecule has 4 aromatic carbocycles. The molecular weight excluding hydrogens is 489 g/mol. The van der Waals surface area contributed by atoms with Crippen LogP contribution in [0.25, 0.3) is 11.3 Å². The lowest BCUT2D eigenvalue weighted by Crippen LogP contribution is -2.27. The third kappa shape index (κ3) is 4.01. The third-order valence-corrected chi connectivity index (χ3v) is 6.40. The molecule has 0 fully saturated rings. The van der Waals surface area contributed by atoms with Crippen molar-refractivity contribution in [2.24, 2.45) is 10.2 Å². The Morgan fingerprint density at radius 1 is 0.722 bits per heavy atom. The quantitative estimate of drug-likeness (QED) is 0.294. The Hall–Kier alpha value is -4.10. The first kappa shape index (κ1) is 23.6. The highest BCUT2D eigenvalue weighted by Crippen LogP contribution is 2.55. The van der Waals surface area contributed by atoms with Crippen LogP contribution in [-0.2, 0) is 11.7 Å². The Balaban J connectivity index is 1.90. The molecule has 0 bridgehead atoms. The highest BCUT2D eigenvalue weighted by atomic mass is 35.5. The topological polar surface area (TPSA) is 65.2 Å². The van der Waals surface area contributed by atoms with E-state index in [1.165, 1.54) is 30.3 Å². The van der Waals surface area contributed by atoms with Gasteiger partial charge in [-0.3, -0.25) is 0 Å². The number of azo groups is 1. The van der Waals surface area contributed by atoms with Gasteiger partial charge in [-0.25, -0.2) is 0 Å². The van der Waals surface area contributed by atoms with Crippen molar-refractivity contribution in [2.75, 3.05) is 0 Å². The molecular formula is C28H18ClF3N2O2. The van der Waals surface area contributed by atoms with Gasteiger partial charge in [-0.1, -0.05) is 54.1 Å². The minimum Gasteiger partial charge on any atom is -0.508 e. The standard InChI is InChI=1S/C28H18ClF3N2O2/c29-24-15-10-20(28(30,31)32)16-23(24)27(19-8-13-22(36)14-9-19)25(17-4-2-1-3-5-17)26(33-34-27)18-6-11-21(35)12-7-18/h1-16,35-36H. The molecule has 0 amide bonds. The second-order valence-corrected chi connectivity index (χ2v) is 8.69. The fourth-order valence-electron chi connectivity index (χ4n) is 4.40. The van der Waals surface area contributed by atoms with Gasteiger partial charge in [-0.15, -0.1) is 0 Å². The number of hydrogen-bond acceptors (Lipinski definition) is 4. The van der Waals surface area contributed by atoms with Crippen LogP contribution in [0.15, 0.2) is 107 Å². The summed E-state index contributed by atoms with van der Waals surface area (Å²) in [5.74, 6) is 0.0456. The van der Waals surface area contributed by atoms with Crippen LogP contribution in [0.2, 0.25) is 5.02 Å². The zero-order valence-electron chi connectivity index (χ0n) is 18.5. The zero-order chi connectivity index (χ0) is 25.5. The van der Waals surface area contributed by atoms with Crippen molar-refractivity contribution < 1.29 is 23.4 Å². The largest absolute Gasteiger partial charge is 0.508 e. The van der Waals surface area contributed by atoms with E-state index >= 15 is 0 Å². The molecule has 0 saturated heterocycles. The van der Waals surface area contributed by atoms with E-state index in [-0.39, 0.29) is 22.1 Å². The van der Waals surface area contributed by atoms with Crippen LogP contribution >= 0.6 is 11.6 Å².